The summed E-state index contributed by atoms with van der Waals surface area (Å²) in [6.07, 6.45) is 6.10. The zero-order chi connectivity index (χ0) is 13.6. The molecule has 1 rings (SSSR count). The van der Waals surface area contributed by atoms with Gasteiger partial charge in [-0.15, -0.1) is 0 Å². The van der Waals surface area contributed by atoms with Crippen LogP contribution in [-0.2, 0) is 4.79 Å². The number of nitrogens with one attached hydrogen (secondary N) is 2. The highest BCUT2D eigenvalue weighted by Crippen LogP contribution is 2.20. The van der Waals surface area contributed by atoms with Gasteiger partial charge < -0.3 is 15.7 Å². The molecule has 0 spiro atoms. The van der Waals surface area contributed by atoms with Crippen LogP contribution < -0.4 is 10.6 Å². The molecule has 2 amide bonds. The molecule has 5 heteroatoms. The van der Waals surface area contributed by atoms with Gasteiger partial charge in [-0.1, -0.05) is 26.2 Å². The van der Waals surface area contributed by atoms with Crippen molar-refractivity contribution < 1.29 is 14.7 Å². The van der Waals surface area contributed by atoms with Crippen LogP contribution in [0.15, 0.2) is 0 Å². The van der Waals surface area contributed by atoms with Crippen molar-refractivity contribution in [1.82, 2.24) is 10.6 Å². The van der Waals surface area contributed by atoms with E-state index >= 15 is 0 Å². The van der Waals surface area contributed by atoms with Crippen LogP contribution in [-0.4, -0.2) is 29.7 Å². The highest BCUT2D eigenvalue weighted by Gasteiger charge is 2.31. The van der Waals surface area contributed by atoms with E-state index < -0.39 is 11.4 Å². The van der Waals surface area contributed by atoms with Gasteiger partial charge in [0.2, 0.25) is 0 Å². The van der Waals surface area contributed by atoms with Gasteiger partial charge in [-0.3, -0.25) is 4.79 Å². The average Bonchev–Trinajstić information content (AvgIpc) is 2.37. The molecule has 0 radical (unpaired) electrons. The number of rotatable bonds is 5. The number of amides is 2. The molecule has 1 aliphatic carbocycles. The van der Waals surface area contributed by atoms with E-state index in [2.05, 4.69) is 10.6 Å². The molecule has 1 atom stereocenters. The van der Waals surface area contributed by atoms with E-state index in [1.807, 2.05) is 6.92 Å². The Bertz CT molecular complexity index is 301. The van der Waals surface area contributed by atoms with Crippen molar-refractivity contribution in [3.63, 3.8) is 0 Å². The zero-order valence-electron chi connectivity index (χ0n) is 11.3. The topological polar surface area (TPSA) is 78.4 Å². The van der Waals surface area contributed by atoms with Crippen LogP contribution in [0.4, 0.5) is 4.79 Å². The minimum absolute atomic E-state index is 0.164. The fraction of sp³-hybridized carbons (Fsp3) is 0.846. The Balaban J connectivity index is 2.33. The summed E-state index contributed by atoms with van der Waals surface area (Å²) in [5.74, 6) is -0.872. The van der Waals surface area contributed by atoms with Crippen LogP contribution in [0.5, 0.6) is 0 Å². The number of aliphatic carboxylic acids is 1. The summed E-state index contributed by atoms with van der Waals surface area (Å²) in [7, 11) is 0. The number of carboxylic acid groups (broad SMARTS) is 1. The van der Waals surface area contributed by atoms with Gasteiger partial charge in [0.1, 0.15) is 0 Å². The van der Waals surface area contributed by atoms with Crippen LogP contribution in [0.1, 0.15) is 52.4 Å². The number of hydrogen-bond acceptors (Lipinski definition) is 2. The number of urea groups is 1. The van der Waals surface area contributed by atoms with Crippen LogP contribution in [0.25, 0.3) is 0 Å². The lowest BCUT2D eigenvalue weighted by Gasteiger charge is -2.26. The molecule has 0 heterocycles. The molecule has 0 aromatic heterocycles. The fourth-order valence-electron chi connectivity index (χ4n) is 2.11. The van der Waals surface area contributed by atoms with Gasteiger partial charge in [0.05, 0.1) is 5.41 Å². The molecule has 1 unspecified atom stereocenters. The molecule has 18 heavy (non-hydrogen) atoms. The van der Waals surface area contributed by atoms with Crippen molar-refractivity contribution >= 4 is 12.0 Å². The standard InChI is InChI=1S/C13H24N2O3/c1-3-13(2,11(16)17)9-14-12(18)15-10-7-5-4-6-8-10/h10H,3-9H2,1-2H3,(H,16,17)(H2,14,15,18). The molecular weight excluding hydrogens is 232 g/mol. The number of carboxylic acids is 1. The third kappa shape index (κ3) is 4.20. The Hall–Kier alpha value is -1.26. The highest BCUT2D eigenvalue weighted by atomic mass is 16.4. The molecular formula is C13H24N2O3. The second kappa shape index (κ2) is 6.61. The van der Waals surface area contributed by atoms with E-state index in [1.54, 1.807) is 6.92 Å². The van der Waals surface area contributed by atoms with Crippen molar-refractivity contribution in [3.05, 3.63) is 0 Å². The van der Waals surface area contributed by atoms with Crippen LogP contribution in [0.2, 0.25) is 0 Å². The maximum atomic E-state index is 11.7. The summed E-state index contributed by atoms with van der Waals surface area (Å²) in [5.41, 5.74) is -0.885. The lowest BCUT2D eigenvalue weighted by atomic mass is 9.88. The van der Waals surface area contributed by atoms with Crippen molar-refractivity contribution in [2.24, 2.45) is 5.41 Å². The summed E-state index contributed by atoms with van der Waals surface area (Å²) < 4.78 is 0. The molecule has 0 aromatic carbocycles. The quantitative estimate of drug-likeness (QED) is 0.705. The molecule has 0 aromatic rings. The first-order valence-electron chi connectivity index (χ1n) is 6.75. The SMILES string of the molecule is CCC(C)(CNC(=O)NC1CCCCC1)C(=O)O. The summed E-state index contributed by atoms with van der Waals surface area (Å²) in [6.45, 7) is 3.63. The Morgan fingerprint density at radius 1 is 1.28 bits per heavy atom. The molecule has 1 saturated carbocycles. The minimum Gasteiger partial charge on any atom is -0.481 e. The second-order valence-electron chi connectivity index (χ2n) is 5.38. The van der Waals surface area contributed by atoms with Crippen LogP contribution in [0, 0.1) is 5.41 Å². The van der Waals surface area contributed by atoms with Gasteiger partial charge in [0, 0.05) is 12.6 Å². The van der Waals surface area contributed by atoms with Gasteiger partial charge in [0.25, 0.3) is 0 Å². The van der Waals surface area contributed by atoms with Gasteiger partial charge >= 0.3 is 12.0 Å². The van der Waals surface area contributed by atoms with E-state index in [0.29, 0.717) is 6.42 Å². The van der Waals surface area contributed by atoms with Crippen molar-refractivity contribution in [1.29, 1.82) is 0 Å². The van der Waals surface area contributed by atoms with Crippen molar-refractivity contribution in [3.8, 4) is 0 Å². The Morgan fingerprint density at radius 3 is 2.39 bits per heavy atom. The van der Waals surface area contributed by atoms with E-state index in [0.717, 1.165) is 25.7 Å². The van der Waals surface area contributed by atoms with Crippen LogP contribution >= 0.6 is 0 Å². The lowest BCUT2D eigenvalue weighted by molar-refractivity contribution is -0.147. The number of hydrogen-bond donors (Lipinski definition) is 3. The van der Waals surface area contributed by atoms with Crippen molar-refractivity contribution in [2.45, 2.75) is 58.4 Å². The molecule has 1 aliphatic rings. The number of carbonyl (C=O) groups is 2. The molecule has 3 N–H and O–H groups in total. The Morgan fingerprint density at radius 2 is 1.89 bits per heavy atom. The molecule has 1 fully saturated rings. The second-order valence-corrected chi connectivity index (χ2v) is 5.38. The first-order valence-corrected chi connectivity index (χ1v) is 6.75. The first-order chi connectivity index (χ1) is 8.48. The first kappa shape index (κ1) is 14.8. The fourth-order valence-corrected chi connectivity index (χ4v) is 2.11. The third-order valence-electron chi connectivity index (χ3n) is 3.88. The predicted octanol–water partition coefficient (Wildman–Crippen LogP) is 2.12. The average molecular weight is 256 g/mol. The van der Waals surface area contributed by atoms with E-state index in [4.69, 9.17) is 5.11 Å². The largest absolute Gasteiger partial charge is 0.481 e. The molecule has 104 valence electrons. The van der Waals surface area contributed by atoms with Gasteiger partial charge in [0.15, 0.2) is 0 Å². The third-order valence-corrected chi connectivity index (χ3v) is 3.88. The smallest absolute Gasteiger partial charge is 0.315 e. The maximum absolute atomic E-state index is 11.7. The molecule has 0 saturated heterocycles. The van der Waals surface area contributed by atoms with Gasteiger partial charge in [-0.05, 0) is 26.2 Å². The van der Waals surface area contributed by atoms with Crippen LogP contribution in [0.3, 0.4) is 0 Å². The van der Waals surface area contributed by atoms with Gasteiger partial charge in [-0.2, -0.15) is 0 Å². The normalized spacial score (nSPS) is 19.9. The Kier molecular flexibility index (Phi) is 5.44. The van der Waals surface area contributed by atoms with Crippen molar-refractivity contribution in [2.75, 3.05) is 6.54 Å². The lowest BCUT2D eigenvalue weighted by Crippen LogP contribution is -2.47. The highest BCUT2D eigenvalue weighted by molar-refractivity contribution is 5.77. The maximum Gasteiger partial charge on any atom is 0.315 e. The van der Waals surface area contributed by atoms with E-state index in [1.165, 1.54) is 6.42 Å². The predicted molar refractivity (Wildman–Crippen MR) is 69.4 cm³/mol. The molecule has 0 aliphatic heterocycles. The summed E-state index contributed by atoms with van der Waals surface area (Å²) in [6, 6.07) is -0.000661. The van der Waals surface area contributed by atoms with Gasteiger partial charge in [-0.25, -0.2) is 4.79 Å². The Labute approximate surface area is 108 Å². The molecule has 0 bridgehead atoms. The van der Waals surface area contributed by atoms with E-state index in [9.17, 15) is 9.59 Å². The van der Waals surface area contributed by atoms with E-state index in [-0.39, 0.29) is 18.6 Å². The zero-order valence-corrected chi connectivity index (χ0v) is 11.3. The number of carbonyl (C=O) groups excluding carboxylic acids is 1. The minimum atomic E-state index is -0.885. The monoisotopic (exact) mass is 256 g/mol. The molecule has 5 nitrogen and oxygen atoms in total. The summed E-state index contributed by atoms with van der Waals surface area (Å²) in [5, 5.41) is 14.7. The summed E-state index contributed by atoms with van der Waals surface area (Å²) in [4.78, 5) is 22.8. The summed E-state index contributed by atoms with van der Waals surface area (Å²) >= 11 is 0.